The fourth-order valence-electron chi connectivity index (χ4n) is 1.50. The van der Waals surface area contributed by atoms with Gasteiger partial charge in [-0.25, -0.2) is 0 Å². The Labute approximate surface area is 107 Å². The van der Waals surface area contributed by atoms with Gasteiger partial charge in [-0.1, -0.05) is 19.1 Å². The lowest BCUT2D eigenvalue weighted by Crippen LogP contribution is -1.97. The van der Waals surface area contributed by atoms with E-state index in [1.165, 1.54) is 0 Å². The van der Waals surface area contributed by atoms with Crippen LogP contribution in [-0.2, 0) is 0 Å². The van der Waals surface area contributed by atoms with Gasteiger partial charge in [0.25, 0.3) is 0 Å². The van der Waals surface area contributed by atoms with Crippen molar-refractivity contribution >= 4 is 6.08 Å². The molecule has 0 saturated carbocycles. The van der Waals surface area contributed by atoms with Crippen LogP contribution in [0.3, 0.4) is 0 Å². The van der Waals surface area contributed by atoms with Crippen molar-refractivity contribution in [3.05, 3.63) is 29.3 Å². The normalized spacial score (nSPS) is 10.9. The van der Waals surface area contributed by atoms with E-state index in [1.807, 2.05) is 31.2 Å². The third-order valence-corrected chi connectivity index (χ3v) is 2.51. The van der Waals surface area contributed by atoms with Crippen LogP contribution in [0.2, 0.25) is 0 Å². The van der Waals surface area contributed by atoms with Gasteiger partial charge in [0.05, 0.1) is 13.7 Å². The van der Waals surface area contributed by atoms with Crippen molar-refractivity contribution in [2.45, 2.75) is 13.3 Å². The molecule has 0 aliphatic rings. The summed E-state index contributed by atoms with van der Waals surface area (Å²) < 4.78 is 10.4. The molecule has 1 aromatic carbocycles. The van der Waals surface area contributed by atoms with Gasteiger partial charge in [0.1, 0.15) is 6.07 Å². The van der Waals surface area contributed by atoms with E-state index in [1.54, 1.807) is 13.2 Å². The van der Waals surface area contributed by atoms with Gasteiger partial charge in [-0.05, 0) is 29.7 Å². The van der Waals surface area contributed by atoms with Crippen molar-refractivity contribution in [2.24, 2.45) is 0 Å². The molecule has 4 heteroatoms. The fraction of sp³-hybridized carbons (Fsp3) is 0.357. The zero-order valence-corrected chi connectivity index (χ0v) is 10.6. The molecule has 0 bridgehead atoms. The number of nitriles is 1. The summed E-state index contributed by atoms with van der Waals surface area (Å²) in [5.41, 5.74) is 1.88. The van der Waals surface area contributed by atoms with Crippen LogP contribution in [0.5, 0.6) is 11.5 Å². The van der Waals surface area contributed by atoms with Crippen molar-refractivity contribution in [3.63, 3.8) is 0 Å². The molecule has 96 valence electrons. The van der Waals surface area contributed by atoms with E-state index in [-0.39, 0.29) is 13.2 Å². The zero-order chi connectivity index (χ0) is 13.4. The Bertz CT molecular complexity index is 455. The van der Waals surface area contributed by atoms with E-state index >= 15 is 0 Å². The topological polar surface area (TPSA) is 62.5 Å². The summed E-state index contributed by atoms with van der Waals surface area (Å²) in [6, 6.07) is 7.35. The second-order valence-corrected chi connectivity index (χ2v) is 3.67. The van der Waals surface area contributed by atoms with Crippen molar-refractivity contribution in [1.82, 2.24) is 0 Å². The third kappa shape index (κ3) is 3.79. The molecule has 0 fully saturated rings. The Kier molecular flexibility index (Phi) is 5.75. The highest BCUT2D eigenvalue weighted by Crippen LogP contribution is 2.29. The van der Waals surface area contributed by atoms with E-state index in [4.69, 9.17) is 19.8 Å². The van der Waals surface area contributed by atoms with Crippen LogP contribution >= 0.6 is 0 Å². The Hall–Kier alpha value is -1.99. The van der Waals surface area contributed by atoms with E-state index in [0.717, 1.165) is 17.6 Å². The Balaban J connectivity index is 2.98. The molecule has 0 spiro atoms. The predicted molar refractivity (Wildman–Crippen MR) is 69.5 cm³/mol. The number of hydrogen-bond acceptors (Lipinski definition) is 4. The van der Waals surface area contributed by atoms with E-state index in [9.17, 15) is 0 Å². The Morgan fingerprint density at radius 1 is 1.44 bits per heavy atom. The molecule has 1 N–H and O–H groups in total. The summed E-state index contributed by atoms with van der Waals surface area (Å²) >= 11 is 0. The van der Waals surface area contributed by atoms with Gasteiger partial charge in [0.15, 0.2) is 18.1 Å². The molecular formula is C14H17NO3. The molecule has 0 atom stereocenters. The summed E-state index contributed by atoms with van der Waals surface area (Å²) in [7, 11) is 1.55. The average molecular weight is 247 g/mol. The highest BCUT2D eigenvalue weighted by atomic mass is 16.5. The van der Waals surface area contributed by atoms with Gasteiger partial charge in [-0.15, -0.1) is 0 Å². The van der Waals surface area contributed by atoms with Gasteiger partial charge in [-0.3, -0.25) is 0 Å². The molecule has 0 aliphatic carbocycles. The first kappa shape index (κ1) is 14.1. The smallest absolute Gasteiger partial charge is 0.174 e. The molecule has 18 heavy (non-hydrogen) atoms. The number of aliphatic hydroxyl groups is 1. The van der Waals surface area contributed by atoms with Gasteiger partial charge in [-0.2, -0.15) is 5.26 Å². The summed E-state index contributed by atoms with van der Waals surface area (Å²) in [6.45, 7) is 2.03. The van der Waals surface area contributed by atoms with Crippen LogP contribution < -0.4 is 9.47 Å². The minimum Gasteiger partial charge on any atom is -0.493 e. The molecule has 1 aromatic rings. The third-order valence-electron chi connectivity index (χ3n) is 2.51. The first-order valence-electron chi connectivity index (χ1n) is 5.73. The van der Waals surface area contributed by atoms with Crippen LogP contribution in [-0.4, -0.2) is 25.4 Å². The first-order valence-corrected chi connectivity index (χ1v) is 5.73. The van der Waals surface area contributed by atoms with Crippen LogP contribution in [0.4, 0.5) is 0 Å². The van der Waals surface area contributed by atoms with E-state index < -0.39 is 0 Å². The second kappa shape index (κ2) is 7.36. The van der Waals surface area contributed by atoms with Crippen LogP contribution in [0, 0.1) is 11.3 Å². The Morgan fingerprint density at radius 2 is 2.22 bits per heavy atom. The lowest BCUT2D eigenvalue weighted by Gasteiger charge is -2.09. The van der Waals surface area contributed by atoms with Crippen LogP contribution in [0.1, 0.15) is 18.9 Å². The molecule has 0 amide bonds. The number of benzene rings is 1. The van der Waals surface area contributed by atoms with Crippen molar-refractivity contribution < 1.29 is 14.6 Å². The maximum absolute atomic E-state index is 9.12. The minimum atomic E-state index is -0.0115. The molecule has 0 aromatic heterocycles. The average Bonchev–Trinajstić information content (AvgIpc) is 2.42. The van der Waals surface area contributed by atoms with E-state index in [0.29, 0.717) is 11.5 Å². The van der Waals surface area contributed by atoms with Crippen molar-refractivity contribution in [1.29, 1.82) is 5.26 Å². The van der Waals surface area contributed by atoms with Crippen molar-refractivity contribution in [3.8, 4) is 17.6 Å². The number of nitrogens with zero attached hydrogens (tertiary/aromatic N) is 1. The van der Waals surface area contributed by atoms with Crippen molar-refractivity contribution in [2.75, 3.05) is 20.3 Å². The van der Waals surface area contributed by atoms with Gasteiger partial charge < -0.3 is 14.6 Å². The molecule has 0 aliphatic heterocycles. The number of hydrogen-bond donors (Lipinski definition) is 1. The summed E-state index contributed by atoms with van der Waals surface area (Å²) in [5, 5.41) is 17.6. The fourth-order valence-corrected chi connectivity index (χ4v) is 1.50. The van der Waals surface area contributed by atoms with Crippen LogP contribution in [0.25, 0.3) is 6.08 Å². The van der Waals surface area contributed by atoms with Gasteiger partial charge in [0, 0.05) is 0 Å². The number of rotatable bonds is 6. The van der Waals surface area contributed by atoms with Gasteiger partial charge in [0.2, 0.25) is 0 Å². The summed E-state index contributed by atoms with van der Waals surface area (Å²) in [5.74, 6) is 1.12. The largest absolute Gasteiger partial charge is 0.493 e. The Morgan fingerprint density at radius 3 is 2.78 bits per heavy atom. The summed E-state index contributed by atoms with van der Waals surface area (Å²) in [6.07, 6.45) is 2.71. The van der Waals surface area contributed by atoms with E-state index in [2.05, 4.69) is 0 Å². The summed E-state index contributed by atoms with van der Waals surface area (Å²) in [4.78, 5) is 0. The molecule has 0 radical (unpaired) electrons. The zero-order valence-electron chi connectivity index (χ0n) is 10.6. The second-order valence-electron chi connectivity index (χ2n) is 3.67. The number of methoxy groups -OCH3 is 1. The maximum Gasteiger partial charge on any atom is 0.174 e. The monoisotopic (exact) mass is 247 g/mol. The molecular weight excluding hydrogens is 230 g/mol. The predicted octanol–water partition coefficient (Wildman–Crippen LogP) is 2.38. The highest BCUT2D eigenvalue weighted by Gasteiger charge is 2.05. The molecule has 0 heterocycles. The highest BCUT2D eigenvalue weighted by molar-refractivity contribution is 5.58. The molecule has 4 nitrogen and oxygen atoms in total. The first-order chi connectivity index (χ1) is 8.74. The lowest BCUT2D eigenvalue weighted by atomic mass is 10.1. The minimum absolute atomic E-state index is 0.0115. The van der Waals surface area contributed by atoms with Crippen LogP contribution in [0.15, 0.2) is 23.8 Å². The molecule has 1 rings (SSSR count). The quantitative estimate of drug-likeness (QED) is 0.838. The maximum atomic E-state index is 9.12. The molecule has 0 unspecified atom stereocenters. The number of ether oxygens (including phenoxy) is 2. The SMILES string of the molecule is CCC(=Cc1ccc(OCC#N)c(OC)c1)CO. The standard InChI is InChI=1S/C14H17NO3/c1-3-11(10-16)8-12-4-5-13(18-7-6-15)14(9-12)17-2/h4-5,8-9,16H,3,7,10H2,1-2H3. The van der Waals surface area contributed by atoms with Gasteiger partial charge >= 0.3 is 0 Å². The lowest BCUT2D eigenvalue weighted by molar-refractivity contribution is 0.328. The number of aliphatic hydroxyl groups excluding tert-OH is 1. The molecule has 0 saturated heterocycles.